The van der Waals surface area contributed by atoms with Crippen molar-refractivity contribution in [3.63, 3.8) is 0 Å². The minimum Gasteiger partial charge on any atom is -0.347 e. The average molecular weight is 242 g/mol. The zero-order valence-electron chi connectivity index (χ0n) is 10.7. The van der Waals surface area contributed by atoms with Gasteiger partial charge in [-0.15, -0.1) is 0 Å². The fourth-order valence-electron chi connectivity index (χ4n) is 2.52. The molecule has 0 aromatic carbocycles. The molecule has 0 amide bonds. The van der Waals surface area contributed by atoms with Gasteiger partial charge in [-0.05, 0) is 26.7 Å². The van der Waals surface area contributed by atoms with Crippen LogP contribution in [-0.2, 0) is 19.0 Å². The lowest BCUT2D eigenvalue weighted by atomic mass is 9.89. The summed E-state index contributed by atoms with van der Waals surface area (Å²) in [6, 6.07) is 0. The third-order valence-electron chi connectivity index (χ3n) is 3.49. The Balaban J connectivity index is 1.82. The number of hydrogen-bond donors (Lipinski definition) is 0. The number of rotatable bonds is 4. The van der Waals surface area contributed by atoms with Crippen LogP contribution >= 0.6 is 0 Å². The van der Waals surface area contributed by atoms with Crippen molar-refractivity contribution in [1.29, 1.82) is 0 Å². The summed E-state index contributed by atoms with van der Waals surface area (Å²) >= 11 is 0. The Bertz CT molecular complexity index is 273. The lowest BCUT2D eigenvalue weighted by Gasteiger charge is -2.28. The van der Waals surface area contributed by atoms with Crippen molar-refractivity contribution in [2.75, 3.05) is 13.2 Å². The van der Waals surface area contributed by atoms with Gasteiger partial charge < -0.3 is 14.2 Å². The summed E-state index contributed by atoms with van der Waals surface area (Å²) in [6.45, 7) is 3.87. The van der Waals surface area contributed by atoms with E-state index in [4.69, 9.17) is 14.2 Å². The number of ether oxygens (including phenoxy) is 3. The number of carbonyl (C=O) groups is 1. The molecule has 0 radical (unpaired) electrons. The molecule has 4 heteroatoms. The van der Waals surface area contributed by atoms with Crippen LogP contribution in [0.15, 0.2) is 0 Å². The molecule has 2 atom stereocenters. The number of hydrogen-bond acceptors (Lipinski definition) is 4. The Morgan fingerprint density at radius 3 is 2.71 bits per heavy atom. The van der Waals surface area contributed by atoms with Gasteiger partial charge in [0.05, 0.1) is 0 Å². The molecule has 0 N–H and O–H groups in total. The summed E-state index contributed by atoms with van der Waals surface area (Å²) in [7, 11) is 0. The largest absolute Gasteiger partial charge is 0.347 e. The standard InChI is InChI=1S/C13H22O4/c1-10(14)8-16-13(2)9-15-12(17-13)11-6-4-3-5-7-11/h11-12H,3-9H2,1-2H3. The summed E-state index contributed by atoms with van der Waals surface area (Å²) in [4.78, 5) is 10.9. The molecule has 17 heavy (non-hydrogen) atoms. The van der Waals surface area contributed by atoms with Crippen LogP contribution in [0, 0.1) is 5.92 Å². The quantitative estimate of drug-likeness (QED) is 0.758. The van der Waals surface area contributed by atoms with Crippen LogP contribution in [0.1, 0.15) is 46.0 Å². The van der Waals surface area contributed by atoms with Crippen molar-refractivity contribution >= 4 is 5.78 Å². The second kappa shape index (κ2) is 5.46. The van der Waals surface area contributed by atoms with E-state index in [0.717, 1.165) is 0 Å². The molecular formula is C13H22O4. The molecule has 2 aliphatic rings. The Morgan fingerprint density at radius 1 is 1.35 bits per heavy atom. The predicted molar refractivity (Wildman–Crippen MR) is 62.4 cm³/mol. The van der Waals surface area contributed by atoms with Crippen molar-refractivity contribution < 1.29 is 19.0 Å². The average Bonchev–Trinajstić information content (AvgIpc) is 2.72. The normalized spacial score (nSPS) is 35.1. The number of carbonyl (C=O) groups excluding carboxylic acids is 1. The first kappa shape index (κ1) is 13.0. The second-order valence-electron chi connectivity index (χ2n) is 5.32. The van der Waals surface area contributed by atoms with Crippen LogP contribution in [0.3, 0.4) is 0 Å². The maximum absolute atomic E-state index is 10.9. The predicted octanol–water partition coefficient (Wildman–Crippen LogP) is 2.26. The van der Waals surface area contributed by atoms with Crippen molar-refractivity contribution in [2.45, 2.75) is 58.0 Å². The summed E-state index contributed by atoms with van der Waals surface area (Å²) in [5.41, 5.74) is 0. The zero-order chi connectivity index (χ0) is 12.3. The van der Waals surface area contributed by atoms with Gasteiger partial charge in [0.1, 0.15) is 13.2 Å². The van der Waals surface area contributed by atoms with E-state index in [1.807, 2.05) is 6.92 Å². The molecule has 1 aliphatic heterocycles. The first-order valence-corrected chi connectivity index (χ1v) is 6.52. The molecular weight excluding hydrogens is 220 g/mol. The van der Waals surface area contributed by atoms with Gasteiger partial charge in [0.15, 0.2) is 17.9 Å². The third kappa shape index (κ3) is 3.50. The van der Waals surface area contributed by atoms with Gasteiger partial charge in [-0.25, -0.2) is 0 Å². The van der Waals surface area contributed by atoms with E-state index >= 15 is 0 Å². The van der Waals surface area contributed by atoms with Gasteiger partial charge in [0.25, 0.3) is 0 Å². The van der Waals surface area contributed by atoms with Gasteiger partial charge >= 0.3 is 0 Å². The highest BCUT2D eigenvalue weighted by Crippen LogP contribution is 2.35. The molecule has 0 aromatic rings. The van der Waals surface area contributed by atoms with Crippen LogP contribution in [0.25, 0.3) is 0 Å². The fourth-order valence-corrected chi connectivity index (χ4v) is 2.52. The highest BCUT2D eigenvalue weighted by Gasteiger charge is 2.41. The first-order chi connectivity index (χ1) is 8.09. The van der Waals surface area contributed by atoms with Crippen molar-refractivity contribution in [3.05, 3.63) is 0 Å². The molecule has 98 valence electrons. The van der Waals surface area contributed by atoms with E-state index in [1.165, 1.54) is 39.0 Å². The zero-order valence-corrected chi connectivity index (χ0v) is 10.7. The molecule has 4 nitrogen and oxygen atoms in total. The summed E-state index contributed by atoms with van der Waals surface area (Å²) in [5, 5.41) is 0. The Labute approximate surface area is 103 Å². The lowest BCUT2D eigenvalue weighted by Crippen LogP contribution is -2.35. The minimum absolute atomic E-state index is 0.0101. The van der Waals surface area contributed by atoms with Crippen molar-refractivity contribution in [2.24, 2.45) is 5.92 Å². The van der Waals surface area contributed by atoms with Gasteiger partial charge in [-0.3, -0.25) is 4.79 Å². The van der Waals surface area contributed by atoms with E-state index in [1.54, 1.807) is 0 Å². The topological polar surface area (TPSA) is 44.8 Å². The molecule has 2 rings (SSSR count). The summed E-state index contributed by atoms with van der Waals surface area (Å²) in [6.07, 6.45) is 6.05. The maximum atomic E-state index is 10.9. The first-order valence-electron chi connectivity index (χ1n) is 6.52. The van der Waals surface area contributed by atoms with Crippen LogP contribution in [0.4, 0.5) is 0 Å². The molecule has 1 saturated carbocycles. The van der Waals surface area contributed by atoms with Gasteiger partial charge in [-0.2, -0.15) is 0 Å². The summed E-state index contributed by atoms with van der Waals surface area (Å²) in [5.74, 6) is -0.240. The second-order valence-corrected chi connectivity index (χ2v) is 5.32. The molecule has 2 unspecified atom stereocenters. The maximum Gasteiger partial charge on any atom is 0.192 e. The lowest BCUT2D eigenvalue weighted by molar-refractivity contribution is -0.224. The Kier molecular flexibility index (Phi) is 4.17. The minimum atomic E-state index is -0.742. The molecule has 1 heterocycles. The fraction of sp³-hybridized carbons (Fsp3) is 0.923. The van der Waals surface area contributed by atoms with Crippen LogP contribution < -0.4 is 0 Å². The Hall–Kier alpha value is -0.450. The van der Waals surface area contributed by atoms with Gasteiger partial charge in [-0.1, -0.05) is 19.3 Å². The van der Waals surface area contributed by atoms with E-state index in [-0.39, 0.29) is 18.7 Å². The third-order valence-corrected chi connectivity index (χ3v) is 3.49. The number of ketones is 1. The highest BCUT2D eigenvalue weighted by molar-refractivity contribution is 5.76. The summed E-state index contributed by atoms with van der Waals surface area (Å²) < 4.78 is 17.0. The van der Waals surface area contributed by atoms with Gasteiger partial charge in [0.2, 0.25) is 0 Å². The van der Waals surface area contributed by atoms with E-state index < -0.39 is 5.79 Å². The van der Waals surface area contributed by atoms with Crippen LogP contribution in [0.5, 0.6) is 0 Å². The van der Waals surface area contributed by atoms with Crippen LogP contribution in [-0.4, -0.2) is 31.1 Å². The molecule has 1 saturated heterocycles. The smallest absolute Gasteiger partial charge is 0.192 e. The van der Waals surface area contributed by atoms with Crippen molar-refractivity contribution in [3.8, 4) is 0 Å². The molecule has 2 fully saturated rings. The molecule has 0 bridgehead atoms. The van der Waals surface area contributed by atoms with Crippen molar-refractivity contribution in [1.82, 2.24) is 0 Å². The molecule has 1 aliphatic carbocycles. The van der Waals surface area contributed by atoms with E-state index in [0.29, 0.717) is 12.5 Å². The molecule has 0 spiro atoms. The van der Waals surface area contributed by atoms with Gasteiger partial charge in [0, 0.05) is 5.92 Å². The monoisotopic (exact) mass is 242 g/mol. The number of Topliss-reactive ketones (excluding diaryl/α,β-unsaturated/α-hetero) is 1. The van der Waals surface area contributed by atoms with Crippen LogP contribution in [0.2, 0.25) is 0 Å². The Morgan fingerprint density at radius 2 is 2.06 bits per heavy atom. The molecule has 0 aromatic heterocycles. The highest BCUT2D eigenvalue weighted by atomic mass is 16.8. The van der Waals surface area contributed by atoms with E-state index in [2.05, 4.69) is 0 Å². The SMILES string of the molecule is CC(=O)COC1(C)COC(C2CCCCC2)O1. The van der Waals surface area contributed by atoms with E-state index in [9.17, 15) is 4.79 Å².